The van der Waals surface area contributed by atoms with Crippen LogP contribution in [-0.2, 0) is 25.6 Å². The Morgan fingerprint density at radius 3 is 2.56 bits per heavy atom. The van der Waals surface area contributed by atoms with Crippen molar-refractivity contribution in [3.8, 4) is 0 Å². The van der Waals surface area contributed by atoms with E-state index in [0.29, 0.717) is 19.3 Å². The van der Waals surface area contributed by atoms with E-state index in [9.17, 15) is 28.7 Å². The number of carbonyl (C=O) groups is 4. The van der Waals surface area contributed by atoms with E-state index in [1.165, 1.54) is 25.1 Å². The maximum atomic E-state index is 13.9. The fourth-order valence-corrected chi connectivity index (χ4v) is 3.32. The third kappa shape index (κ3) is 5.87. The minimum Gasteiger partial charge on any atom is -0.480 e. The molecule has 1 aromatic carbocycles. The molecule has 0 bridgehead atoms. The first kappa shape index (κ1) is 20.5. The molecule has 1 fully saturated rings. The minimum absolute atomic E-state index is 0.0310. The predicted octanol–water partition coefficient (Wildman–Crippen LogP) is 1.20. The van der Waals surface area contributed by atoms with E-state index in [4.69, 9.17) is 0 Å². The number of hydrogen-bond acceptors (Lipinski definition) is 4. The summed E-state index contributed by atoms with van der Waals surface area (Å²) in [5.74, 6) is -3.51. The molecule has 3 N–H and O–H groups in total. The summed E-state index contributed by atoms with van der Waals surface area (Å²) in [5, 5.41) is 14.3. The van der Waals surface area contributed by atoms with Crippen LogP contribution in [0.2, 0.25) is 0 Å². The molecule has 0 radical (unpaired) electrons. The van der Waals surface area contributed by atoms with Gasteiger partial charge >= 0.3 is 5.97 Å². The van der Waals surface area contributed by atoms with Crippen molar-refractivity contribution >= 4 is 23.6 Å². The van der Waals surface area contributed by atoms with Crippen LogP contribution in [0.15, 0.2) is 24.3 Å². The number of hydrogen-bond donors (Lipinski definition) is 3. The van der Waals surface area contributed by atoms with Gasteiger partial charge < -0.3 is 15.7 Å². The van der Waals surface area contributed by atoms with Gasteiger partial charge in [0, 0.05) is 26.2 Å². The van der Waals surface area contributed by atoms with Gasteiger partial charge in [0.1, 0.15) is 23.7 Å². The van der Waals surface area contributed by atoms with Crippen molar-refractivity contribution in [1.29, 1.82) is 0 Å². The second-order valence-corrected chi connectivity index (χ2v) is 6.77. The van der Waals surface area contributed by atoms with Gasteiger partial charge in [0.15, 0.2) is 0 Å². The van der Waals surface area contributed by atoms with Gasteiger partial charge in [0.2, 0.25) is 11.8 Å². The smallest absolute Gasteiger partial charge is 0.326 e. The van der Waals surface area contributed by atoms with Gasteiger partial charge in [-0.1, -0.05) is 18.2 Å². The summed E-state index contributed by atoms with van der Waals surface area (Å²) in [6.07, 6.45) is 1.48. The van der Waals surface area contributed by atoms with Crippen LogP contribution < -0.4 is 10.6 Å². The molecule has 146 valence electrons. The standard InChI is InChI=1S/C19H23FN2O5/c1-11(23)21-16(10-12-5-2-3-8-15(12)20)18(25)22-17(19(26)27)13-6-4-7-14(24)9-13/h2-3,5,8,13,16-17H,4,6-7,9-10H2,1H3,(H,21,23)(H,22,25)(H,26,27)/t13-,16+,17+/m0/s1. The Morgan fingerprint density at radius 2 is 1.96 bits per heavy atom. The summed E-state index contributed by atoms with van der Waals surface area (Å²) in [6.45, 7) is 1.22. The largest absolute Gasteiger partial charge is 0.480 e. The summed E-state index contributed by atoms with van der Waals surface area (Å²) in [4.78, 5) is 47.4. The number of amides is 2. The Balaban J connectivity index is 2.15. The highest BCUT2D eigenvalue weighted by Crippen LogP contribution is 2.24. The first-order chi connectivity index (χ1) is 12.8. The highest BCUT2D eigenvalue weighted by molar-refractivity contribution is 5.90. The molecule has 2 rings (SSSR count). The van der Waals surface area contributed by atoms with Crippen LogP contribution in [-0.4, -0.2) is 40.8 Å². The molecule has 1 saturated carbocycles. The molecule has 0 heterocycles. The Kier molecular flexibility index (Phi) is 7.04. The van der Waals surface area contributed by atoms with E-state index in [0.717, 1.165) is 0 Å². The maximum absolute atomic E-state index is 13.9. The topological polar surface area (TPSA) is 113 Å². The van der Waals surface area contributed by atoms with Crippen molar-refractivity contribution in [3.05, 3.63) is 35.6 Å². The molecule has 0 aromatic heterocycles. The van der Waals surface area contributed by atoms with Crippen LogP contribution >= 0.6 is 0 Å². The first-order valence-corrected chi connectivity index (χ1v) is 8.83. The molecule has 0 unspecified atom stereocenters. The lowest BCUT2D eigenvalue weighted by molar-refractivity contribution is -0.144. The number of halogens is 1. The normalized spacial score (nSPS) is 19.0. The van der Waals surface area contributed by atoms with Gasteiger partial charge in [0.05, 0.1) is 0 Å². The minimum atomic E-state index is -1.24. The Morgan fingerprint density at radius 1 is 1.26 bits per heavy atom. The zero-order valence-electron chi connectivity index (χ0n) is 15.0. The predicted molar refractivity (Wildman–Crippen MR) is 94.2 cm³/mol. The molecule has 3 atom stereocenters. The molecule has 1 aromatic rings. The number of carboxylic acids is 1. The van der Waals surface area contributed by atoms with Crippen molar-refractivity contribution in [3.63, 3.8) is 0 Å². The quantitative estimate of drug-likeness (QED) is 0.660. The van der Waals surface area contributed by atoms with Crippen molar-refractivity contribution in [1.82, 2.24) is 10.6 Å². The second kappa shape index (κ2) is 9.25. The molecular formula is C19H23FN2O5. The number of ketones is 1. The average molecular weight is 378 g/mol. The van der Waals surface area contributed by atoms with E-state index >= 15 is 0 Å². The van der Waals surface area contributed by atoms with Gasteiger partial charge in [-0.2, -0.15) is 0 Å². The monoisotopic (exact) mass is 378 g/mol. The number of nitrogens with one attached hydrogen (secondary N) is 2. The van der Waals surface area contributed by atoms with E-state index in [2.05, 4.69) is 10.6 Å². The van der Waals surface area contributed by atoms with E-state index in [-0.39, 0.29) is 24.2 Å². The summed E-state index contributed by atoms with van der Waals surface area (Å²) in [5.41, 5.74) is 0.228. The number of carboxylic acid groups (broad SMARTS) is 1. The molecular weight excluding hydrogens is 355 g/mol. The van der Waals surface area contributed by atoms with Crippen molar-refractivity contribution < 1.29 is 28.7 Å². The summed E-state index contributed by atoms with van der Waals surface area (Å²) >= 11 is 0. The first-order valence-electron chi connectivity index (χ1n) is 8.83. The number of aliphatic carboxylic acids is 1. The molecule has 1 aliphatic carbocycles. The molecule has 0 aliphatic heterocycles. The fraction of sp³-hybridized carbons (Fsp3) is 0.474. The van der Waals surface area contributed by atoms with Crippen molar-refractivity contribution in [2.24, 2.45) is 5.92 Å². The summed E-state index contributed by atoms with van der Waals surface area (Å²) < 4.78 is 13.9. The Bertz CT molecular complexity index is 737. The number of Topliss-reactive ketones (excluding diaryl/α,β-unsaturated/α-hetero) is 1. The second-order valence-electron chi connectivity index (χ2n) is 6.77. The zero-order valence-corrected chi connectivity index (χ0v) is 15.0. The Hall–Kier alpha value is -2.77. The molecule has 2 amide bonds. The van der Waals surface area contributed by atoms with Crippen LogP contribution in [0.1, 0.15) is 38.2 Å². The SMILES string of the molecule is CC(=O)N[C@H](Cc1ccccc1F)C(=O)N[C@@H](C(=O)O)[C@H]1CCCC(=O)C1. The zero-order chi connectivity index (χ0) is 20.0. The molecule has 7 nitrogen and oxygen atoms in total. The number of carbonyl (C=O) groups excluding carboxylic acids is 3. The highest BCUT2D eigenvalue weighted by Gasteiger charge is 2.35. The fourth-order valence-electron chi connectivity index (χ4n) is 3.32. The summed E-state index contributed by atoms with van der Waals surface area (Å²) in [7, 11) is 0. The lowest BCUT2D eigenvalue weighted by atomic mass is 9.83. The van der Waals surface area contributed by atoms with Gasteiger partial charge in [-0.05, 0) is 30.4 Å². The number of benzene rings is 1. The molecule has 0 saturated heterocycles. The molecule has 1 aliphatic rings. The van der Waals surface area contributed by atoms with Crippen molar-refractivity contribution in [2.45, 2.75) is 51.1 Å². The Labute approximate surface area is 156 Å². The van der Waals surface area contributed by atoms with Gasteiger partial charge in [-0.25, -0.2) is 9.18 Å². The van der Waals surface area contributed by atoms with Crippen LogP contribution in [0.5, 0.6) is 0 Å². The van der Waals surface area contributed by atoms with Crippen LogP contribution in [0.25, 0.3) is 0 Å². The number of rotatable bonds is 7. The highest BCUT2D eigenvalue weighted by atomic mass is 19.1. The van der Waals surface area contributed by atoms with Crippen molar-refractivity contribution in [2.75, 3.05) is 0 Å². The van der Waals surface area contributed by atoms with Crippen LogP contribution in [0, 0.1) is 11.7 Å². The molecule has 27 heavy (non-hydrogen) atoms. The molecule has 0 spiro atoms. The van der Waals surface area contributed by atoms with E-state index < -0.39 is 41.6 Å². The lowest BCUT2D eigenvalue weighted by Gasteiger charge is -2.29. The van der Waals surface area contributed by atoms with E-state index in [1.807, 2.05) is 0 Å². The molecule has 8 heteroatoms. The maximum Gasteiger partial charge on any atom is 0.326 e. The van der Waals surface area contributed by atoms with Crippen LogP contribution in [0.4, 0.5) is 4.39 Å². The van der Waals surface area contributed by atoms with Gasteiger partial charge in [0.25, 0.3) is 0 Å². The summed E-state index contributed by atoms with van der Waals surface area (Å²) in [6, 6.07) is 3.48. The van der Waals surface area contributed by atoms with Gasteiger partial charge in [-0.3, -0.25) is 14.4 Å². The third-order valence-electron chi connectivity index (χ3n) is 4.63. The van der Waals surface area contributed by atoms with Gasteiger partial charge in [-0.15, -0.1) is 0 Å². The van der Waals surface area contributed by atoms with Crippen LogP contribution in [0.3, 0.4) is 0 Å². The van der Waals surface area contributed by atoms with E-state index in [1.54, 1.807) is 6.07 Å². The average Bonchev–Trinajstić information content (AvgIpc) is 2.60. The third-order valence-corrected chi connectivity index (χ3v) is 4.63. The lowest BCUT2D eigenvalue weighted by Crippen LogP contribution is -2.54.